The molecule has 28 heavy (non-hydrogen) atoms. The van der Waals surface area contributed by atoms with Crippen molar-refractivity contribution in [3.05, 3.63) is 29.5 Å². The predicted octanol–water partition coefficient (Wildman–Crippen LogP) is 4.54. The molecule has 0 spiro atoms. The summed E-state index contributed by atoms with van der Waals surface area (Å²) in [6.07, 6.45) is 16.4. The monoisotopic (exact) mass is 392 g/mol. The molecule has 3 N–H and O–H groups in total. The average molecular weight is 393 g/mol. The molecule has 1 rings (SSSR count). The molecular weight excluding hydrogens is 356 g/mol. The van der Waals surface area contributed by atoms with Gasteiger partial charge < -0.3 is 15.3 Å². The van der Waals surface area contributed by atoms with Crippen LogP contribution in [0.15, 0.2) is 29.5 Å². The summed E-state index contributed by atoms with van der Waals surface area (Å²) in [5.41, 5.74) is 3.32. The Morgan fingerprint density at radius 2 is 1.89 bits per heavy atom. The number of carbonyl (C=O) groups is 2. The highest BCUT2D eigenvalue weighted by atomic mass is 16.5. The van der Waals surface area contributed by atoms with Crippen LogP contribution in [-0.2, 0) is 9.59 Å². The summed E-state index contributed by atoms with van der Waals surface area (Å²) >= 11 is 0. The number of carboxylic acids is 1. The molecule has 1 fully saturated rings. The lowest BCUT2D eigenvalue weighted by Gasteiger charge is -2.15. The molecule has 0 radical (unpaired) electrons. The van der Waals surface area contributed by atoms with Crippen LogP contribution in [0.3, 0.4) is 0 Å². The Labute approximate surface area is 168 Å². The van der Waals surface area contributed by atoms with Gasteiger partial charge in [-0.1, -0.05) is 51.2 Å². The van der Waals surface area contributed by atoms with E-state index in [4.69, 9.17) is 5.11 Å². The van der Waals surface area contributed by atoms with Gasteiger partial charge in [0.1, 0.15) is 5.78 Å². The number of aliphatic carboxylic acids is 1. The van der Waals surface area contributed by atoms with Gasteiger partial charge in [-0.2, -0.15) is 0 Å². The molecule has 0 aromatic heterocycles. The third kappa shape index (κ3) is 9.01. The SMILES string of the molecule is CCCCCCCCC=C[C@H]1CCC(=O)[C@@H]1CC=C=C(C)CC(O)(O)C(=O)O. The Morgan fingerprint density at radius 1 is 1.21 bits per heavy atom. The van der Waals surface area contributed by atoms with Crippen molar-refractivity contribution in [2.75, 3.05) is 0 Å². The Kier molecular flexibility index (Phi) is 11.1. The van der Waals surface area contributed by atoms with Crippen LogP contribution in [0.4, 0.5) is 0 Å². The number of carbonyl (C=O) groups excluding carboxylic acids is 1. The molecule has 5 nitrogen and oxygen atoms in total. The minimum Gasteiger partial charge on any atom is -0.477 e. The first kappa shape index (κ1) is 24.4. The van der Waals surface area contributed by atoms with Crippen molar-refractivity contribution in [1.82, 2.24) is 0 Å². The first-order valence-corrected chi connectivity index (χ1v) is 10.6. The summed E-state index contributed by atoms with van der Waals surface area (Å²) in [5.74, 6) is -4.02. The lowest BCUT2D eigenvalue weighted by molar-refractivity contribution is -0.202. The van der Waals surface area contributed by atoms with Crippen LogP contribution in [0.5, 0.6) is 0 Å². The highest BCUT2D eigenvalue weighted by Crippen LogP contribution is 2.33. The largest absolute Gasteiger partial charge is 0.477 e. The van der Waals surface area contributed by atoms with Gasteiger partial charge in [-0.3, -0.25) is 4.79 Å². The number of rotatable bonds is 13. The van der Waals surface area contributed by atoms with Gasteiger partial charge in [0.2, 0.25) is 0 Å². The van der Waals surface area contributed by atoms with E-state index in [0.29, 0.717) is 18.4 Å². The predicted molar refractivity (Wildman–Crippen MR) is 110 cm³/mol. The number of hydrogen-bond donors (Lipinski definition) is 3. The summed E-state index contributed by atoms with van der Waals surface area (Å²) in [6.45, 7) is 3.81. The maximum absolute atomic E-state index is 12.2. The van der Waals surface area contributed by atoms with Gasteiger partial charge in [-0.05, 0) is 50.2 Å². The smallest absolute Gasteiger partial charge is 0.364 e. The van der Waals surface area contributed by atoms with Gasteiger partial charge in [0.25, 0.3) is 5.79 Å². The molecule has 1 aliphatic rings. The number of Topliss-reactive ketones (excluding diaryl/α,β-unsaturated/α-hetero) is 1. The second-order valence-electron chi connectivity index (χ2n) is 7.92. The Balaban J connectivity index is 2.47. The molecule has 0 saturated heterocycles. The fourth-order valence-electron chi connectivity index (χ4n) is 3.64. The number of allylic oxidation sites excluding steroid dienone is 2. The number of carboxylic acid groups (broad SMARTS) is 1. The minimum absolute atomic E-state index is 0.0615. The molecule has 0 aliphatic heterocycles. The van der Waals surface area contributed by atoms with Crippen LogP contribution in [-0.4, -0.2) is 32.9 Å². The van der Waals surface area contributed by atoms with Gasteiger partial charge in [0.15, 0.2) is 0 Å². The van der Waals surface area contributed by atoms with Gasteiger partial charge in [0.05, 0.1) is 0 Å². The zero-order chi connectivity index (χ0) is 21.0. The third-order valence-electron chi connectivity index (χ3n) is 5.34. The number of unbranched alkanes of at least 4 members (excludes halogenated alkanes) is 6. The van der Waals surface area contributed by atoms with Crippen molar-refractivity contribution in [2.24, 2.45) is 11.8 Å². The lowest BCUT2D eigenvalue weighted by Crippen LogP contribution is -2.38. The standard InChI is InChI=1S/C23H36O5/c1-3-4-5-6-7-8-9-10-13-19-15-16-21(24)20(19)14-11-12-18(2)17-23(27,28)22(25)26/h10-11,13,19-20,27-28H,3-9,14-17H2,1-2H3,(H,25,26)/t12?,19-,20+/m0/s1. The van der Waals surface area contributed by atoms with E-state index in [1.54, 1.807) is 13.0 Å². The number of aliphatic hydroxyl groups is 2. The molecule has 0 heterocycles. The van der Waals surface area contributed by atoms with Gasteiger partial charge in [-0.15, -0.1) is 5.73 Å². The molecule has 0 amide bonds. The van der Waals surface area contributed by atoms with E-state index in [9.17, 15) is 19.8 Å². The summed E-state index contributed by atoms with van der Waals surface area (Å²) in [4.78, 5) is 22.9. The van der Waals surface area contributed by atoms with Gasteiger partial charge in [-0.25, -0.2) is 4.79 Å². The Morgan fingerprint density at radius 3 is 2.57 bits per heavy atom. The van der Waals surface area contributed by atoms with Crippen LogP contribution in [0.1, 0.15) is 84.5 Å². The fraction of sp³-hybridized carbons (Fsp3) is 0.696. The summed E-state index contributed by atoms with van der Waals surface area (Å²) in [5, 5.41) is 27.5. The Hall–Kier alpha value is -1.68. The number of ketones is 1. The lowest BCUT2D eigenvalue weighted by atomic mass is 9.91. The molecule has 1 saturated carbocycles. The van der Waals surface area contributed by atoms with E-state index in [1.165, 1.54) is 38.5 Å². The molecule has 2 atom stereocenters. The van der Waals surface area contributed by atoms with E-state index in [2.05, 4.69) is 24.8 Å². The van der Waals surface area contributed by atoms with Crippen molar-refractivity contribution in [2.45, 2.75) is 90.3 Å². The second kappa shape index (κ2) is 12.7. The van der Waals surface area contributed by atoms with Crippen molar-refractivity contribution in [1.29, 1.82) is 0 Å². The van der Waals surface area contributed by atoms with Crippen LogP contribution in [0.25, 0.3) is 0 Å². The van der Waals surface area contributed by atoms with E-state index in [-0.39, 0.29) is 17.6 Å². The molecule has 158 valence electrons. The minimum atomic E-state index is -2.78. The average Bonchev–Trinajstić information content (AvgIpc) is 2.97. The molecule has 1 aliphatic carbocycles. The van der Waals surface area contributed by atoms with Crippen LogP contribution >= 0.6 is 0 Å². The Bertz CT molecular complexity index is 596. The summed E-state index contributed by atoms with van der Waals surface area (Å²) in [7, 11) is 0. The molecule has 0 bridgehead atoms. The van der Waals surface area contributed by atoms with E-state index >= 15 is 0 Å². The first-order chi connectivity index (χ1) is 13.3. The normalized spacial score (nSPS) is 19.8. The van der Waals surface area contributed by atoms with Crippen molar-refractivity contribution >= 4 is 11.8 Å². The van der Waals surface area contributed by atoms with Gasteiger partial charge >= 0.3 is 5.97 Å². The highest BCUT2D eigenvalue weighted by Gasteiger charge is 2.33. The van der Waals surface area contributed by atoms with Crippen LogP contribution < -0.4 is 0 Å². The van der Waals surface area contributed by atoms with Gasteiger partial charge in [0, 0.05) is 18.8 Å². The zero-order valence-corrected chi connectivity index (χ0v) is 17.3. The van der Waals surface area contributed by atoms with Crippen LogP contribution in [0.2, 0.25) is 0 Å². The highest BCUT2D eigenvalue weighted by molar-refractivity contribution is 5.83. The van der Waals surface area contributed by atoms with E-state index in [0.717, 1.165) is 12.8 Å². The molecule has 0 unspecified atom stereocenters. The topological polar surface area (TPSA) is 94.8 Å². The summed E-state index contributed by atoms with van der Waals surface area (Å²) in [6, 6.07) is 0. The molecule has 0 aromatic rings. The maximum Gasteiger partial charge on any atom is 0.364 e. The van der Waals surface area contributed by atoms with Crippen molar-refractivity contribution < 1.29 is 24.9 Å². The summed E-state index contributed by atoms with van der Waals surface area (Å²) < 4.78 is 0. The molecule has 5 heteroatoms. The molecular formula is C23H36O5. The fourth-order valence-corrected chi connectivity index (χ4v) is 3.64. The van der Waals surface area contributed by atoms with Crippen LogP contribution in [0, 0.1) is 11.8 Å². The third-order valence-corrected chi connectivity index (χ3v) is 5.34. The first-order valence-electron chi connectivity index (χ1n) is 10.6. The van der Waals surface area contributed by atoms with Crippen molar-refractivity contribution in [3.63, 3.8) is 0 Å². The van der Waals surface area contributed by atoms with E-state index in [1.807, 2.05) is 0 Å². The quantitative estimate of drug-likeness (QED) is 0.185. The number of hydrogen-bond acceptors (Lipinski definition) is 4. The van der Waals surface area contributed by atoms with Crippen molar-refractivity contribution in [3.8, 4) is 0 Å². The van der Waals surface area contributed by atoms with E-state index < -0.39 is 18.2 Å². The second-order valence-corrected chi connectivity index (χ2v) is 7.92. The maximum atomic E-state index is 12.2. The molecule has 0 aromatic carbocycles. The zero-order valence-electron chi connectivity index (χ0n) is 17.3.